The molecular formula is C55H37N5O. The molecule has 1 aliphatic rings. The van der Waals surface area contributed by atoms with Crippen LogP contribution in [-0.4, -0.2) is 24.5 Å². The van der Waals surface area contributed by atoms with Crippen molar-refractivity contribution in [2.75, 3.05) is 0 Å². The van der Waals surface area contributed by atoms with Crippen molar-refractivity contribution in [3.8, 4) is 73.6 Å². The van der Waals surface area contributed by atoms with Crippen LogP contribution in [0.5, 0.6) is 0 Å². The SMILES string of the molecule is CC1(C)c2cc(-c3ccc4c(c3)c3ccccc3n4-c3cccc(-c4nc(-c5ccccc5)nc(-c5ccccc5)n4)c3)ccc2-c2ccc3oc(-c4ccccc4)nc3c21. The van der Waals surface area contributed by atoms with Crippen molar-refractivity contribution >= 4 is 32.9 Å². The summed E-state index contributed by atoms with van der Waals surface area (Å²) in [5.41, 5.74) is 15.9. The van der Waals surface area contributed by atoms with Gasteiger partial charge in [0.25, 0.3) is 0 Å². The predicted molar refractivity (Wildman–Crippen MR) is 246 cm³/mol. The zero-order chi connectivity index (χ0) is 40.7. The quantitative estimate of drug-likeness (QED) is 0.168. The zero-order valence-electron chi connectivity index (χ0n) is 33.5. The van der Waals surface area contributed by atoms with Crippen molar-refractivity contribution in [3.05, 3.63) is 199 Å². The van der Waals surface area contributed by atoms with Crippen LogP contribution >= 0.6 is 0 Å². The third-order valence-electron chi connectivity index (χ3n) is 12.3. The highest BCUT2D eigenvalue weighted by molar-refractivity contribution is 6.10. The van der Waals surface area contributed by atoms with E-state index in [0.29, 0.717) is 23.4 Å². The molecule has 1 aliphatic carbocycles. The van der Waals surface area contributed by atoms with Gasteiger partial charge in [0.05, 0.1) is 11.0 Å². The molecule has 0 bridgehead atoms. The van der Waals surface area contributed by atoms with E-state index in [-0.39, 0.29) is 5.41 Å². The highest BCUT2D eigenvalue weighted by Gasteiger charge is 2.38. The molecule has 0 atom stereocenters. The number of hydrogen-bond acceptors (Lipinski definition) is 5. The Bertz CT molecular complexity index is 3440. The lowest BCUT2D eigenvalue weighted by molar-refractivity contribution is 0.619. The molecule has 8 aromatic carbocycles. The van der Waals surface area contributed by atoms with E-state index in [1.54, 1.807) is 0 Å². The maximum atomic E-state index is 6.32. The van der Waals surface area contributed by atoms with Gasteiger partial charge in [-0.25, -0.2) is 19.9 Å². The van der Waals surface area contributed by atoms with E-state index in [2.05, 4.69) is 115 Å². The summed E-state index contributed by atoms with van der Waals surface area (Å²) in [6.45, 7) is 4.62. The van der Waals surface area contributed by atoms with Crippen molar-refractivity contribution in [2.45, 2.75) is 19.3 Å². The van der Waals surface area contributed by atoms with Gasteiger partial charge in [-0.15, -0.1) is 0 Å². The van der Waals surface area contributed by atoms with Crippen LogP contribution < -0.4 is 0 Å². The first kappa shape index (κ1) is 35.0. The van der Waals surface area contributed by atoms with Crippen LogP contribution in [0, 0.1) is 0 Å². The minimum Gasteiger partial charge on any atom is -0.436 e. The predicted octanol–water partition coefficient (Wildman–Crippen LogP) is 13.8. The fourth-order valence-electron chi connectivity index (χ4n) is 9.32. The highest BCUT2D eigenvalue weighted by atomic mass is 16.3. The van der Waals surface area contributed by atoms with Crippen LogP contribution in [0.25, 0.3) is 106 Å². The number of oxazole rings is 1. The largest absolute Gasteiger partial charge is 0.436 e. The van der Waals surface area contributed by atoms with Crippen LogP contribution in [0.3, 0.4) is 0 Å². The average Bonchev–Trinajstić information content (AvgIpc) is 3.98. The molecule has 0 unspecified atom stereocenters. The Hall–Kier alpha value is -7.96. The van der Waals surface area contributed by atoms with E-state index >= 15 is 0 Å². The van der Waals surface area contributed by atoms with E-state index in [1.165, 1.54) is 44.2 Å². The van der Waals surface area contributed by atoms with E-state index < -0.39 is 0 Å². The molecule has 0 spiro atoms. The molecule has 288 valence electrons. The molecule has 61 heavy (non-hydrogen) atoms. The molecule has 0 saturated carbocycles. The first-order chi connectivity index (χ1) is 30.0. The molecule has 0 amide bonds. The van der Waals surface area contributed by atoms with Crippen LogP contribution in [0.1, 0.15) is 25.0 Å². The first-order valence-electron chi connectivity index (χ1n) is 20.6. The van der Waals surface area contributed by atoms with Crippen molar-refractivity contribution in [1.82, 2.24) is 24.5 Å². The number of aromatic nitrogens is 5. The van der Waals surface area contributed by atoms with E-state index in [9.17, 15) is 0 Å². The maximum Gasteiger partial charge on any atom is 0.227 e. The molecular weight excluding hydrogens is 747 g/mol. The summed E-state index contributed by atoms with van der Waals surface area (Å²) in [5.74, 6) is 2.55. The summed E-state index contributed by atoms with van der Waals surface area (Å²) in [6.07, 6.45) is 0. The van der Waals surface area contributed by atoms with Gasteiger partial charge in [0, 0.05) is 44.1 Å². The lowest BCUT2D eigenvalue weighted by Crippen LogP contribution is -2.15. The Morgan fingerprint density at radius 1 is 0.426 bits per heavy atom. The number of fused-ring (bicyclic) bond motifs is 8. The Morgan fingerprint density at radius 2 is 1.00 bits per heavy atom. The topological polar surface area (TPSA) is 69.6 Å². The number of para-hydroxylation sites is 1. The van der Waals surface area contributed by atoms with Crippen molar-refractivity contribution in [1.29, 1.82) is 0 Å². The Balaban J connectivity index is 0.950. The smallest absolute Gasteiger partial charge is 0.227 e. The van der Waals surface area contributed by atoms with Gasteiger partial charge in [-0.05, 0) is 88.0 Å². The van der Waals surface area contributed by atoms with Crippen LogP contribution in [0.15, 0.2) is 192 Å². The summed E-state index contributed by atoms with van der Waals surface area (Å²) in [5, 5.41) is 2.39. The van der Waals surface area contributed by atoms with Crippen molar-refractivity contribution in [2.24, 2.45) is 0 Å². The zero-order valence-corrected chi connectivity index (χ0v) is 33.5. The lowest BCUT2D eigenvalue weighted by Gasteiger charge is -2.22. The standard InChI is InChI=1S/C55H37N5O/c1-55(2)45-33-38(25-27-41(45)43-28-30-48-50(49(43)55)56-54(61-48)36-19-10-5-11-20-36)37-26-29-47-44(32-37)42-23-12-13-24-46(42)60(47)40-22-14-21-39(31-40)53-58-51(34-15-6-3-7-16-34)57-52(59-53)35-17-8-4-9-18-35/h3-33H,1-2H3. The first-order valence-corrected chi connectivity index (χ1v) is 20.6. The van der Waals surface area contributed by atoms with Gasteiger partial charge < -0.3 is 8.98 Å². The second-order valence-corrected chi connectivity index (χ2v) is 16.3. The summed E-state index contributed by atoms with van der Waals surface area (Å²) < 4.78 is 8.68. The molecule has 0 saturated heterocycles. The maximum absolute atomic E-state index is 6.32. The highest BCUT2D eigenvalue weighted by Crippen LogP contribution is 2.52. The summed E-state index contributed by atoms with van der Waals surface area (Å²) in [4.78, 5) is 20.1. The number of hydrogen-bond donors (Lipinski definition) is 0. The number of nitrogens with zero attached hydrogens (tertiary/aromatic N) is 5. The molecule has 3 aromatic heterocycles. The third kappa shape index (κ3) is 5.64. The molecule has 12 rings (SSSR count). The molecule has 0 N–H and O–H groups in total. The lowest BCUT2D eigenvalue weighted by atomic mass is 9.81. The fourth-order valence-corrected chi connectivity index (χ4v) is 9.32. The van der Waals surface area contributed by atoms with E-state index in [1.807, 2.05) is 91.0 Å². The van der Waals surface area contributed by atoms with Gasteiger partial charge >= 0.3 is 0 Å². The summed E-state index contributed by atoms with van der Waals surface area (Å²) >= 11 is 0. The van der Waals surface area contributed by atoms with Crippen molar-refractivity contribution < 1.29 is 4.42 Å². The molecule has 11 aromatic rings. The van der Waals surface area contributed by atoms with Gasteiger partial charge in [0.2, 0.25) is 5.89 Å². The van der Waals surface area contributed by atoms with Gasteiger partial charge in [-0.2, -0.15) is 0 Å². The Morgan fingerprint density at radius 3 is 1.72 bits per heavy atom. The third-order valence-corrected chi connectivity index (χ3v) is 12.3. The van der Waals surface area contributed by atoms with Crippen molar-refractivity contribution in [3.63, 3.8) is 0 Å². The van der Waals surface area contributed by atoms with Gasteiger partial charge in [-0.1, -0.05) is 147 Å². The molecule has 0 aliphatic heterocycles. The van der Waals surface area contributed by atoms with Gasteiger partial charge in [-0.3, -0.25) is 0 Å². The molecule has 6 heteroatoms. The monoisotopic (exact) mass is 783 g/mol. The molecule has 6 nitrogen and oxygen atoms in total. The Labute approximate surface area is 352 Å². The van der Waals surface area contributed by atoms with Crippen LogP contribution in [0.4, 0.5) is 0 Å². The average molecular weight is 784 g/mol. The molecule has 3 heterocycles. The fraction of sp³-hybridized carbons (Fsp3) is 0.0545. The molecule has 0 fully saturated rings. The number of rotatable bonds is 6. The second kappa shape index (κ2) is 13.5. The summed E-state index contributed by atoms with van der Waals surface area (Å²) in [6, 6.07) is 65.6. The van der Waals surface area contributed by atoms with Crippen LogP contribution in [-0.2, 0) is 5.41 Å². The van der Waals surface area contributed by atoms with Gasteiger partial charge in [0.1, 0.15) is 5.52 Å². The molecule has 0 radical (unpaired) electrons. The Kier molecular flexibility index (Phi) is 7.78. The van der Waals surface area contributed by atoms with Gasteiger partial charge in [0.15, 0.2) is 23.1 Å². The minimum absolute atomic E-state index is 0.279. The van der Waals surface area contributed by atoms with E-state index in [4.69, 9.17) is 24.4 Å². The second-order valence-electron chi connectivity index (χ2n) is 16.3. The normalized spacial score (nSPS) is 12.9. The van der Waals surface area contributed by atoms with Crippen LogP contribution in [0.2, 0.25) is 0 Å². The summed E-state index contributed by atoms with van der Waals surface area (Å²) in [7, 11) is 0. The van der Waals surface area contributed by atoms with E-state index in [0.717, 1.165) is 50.1 Å². The minimum atomic E-state index is -0.279. The number of benzene rings is 8.